The molecule has 0 aliphatic rings. The molecule has 0 atom stereocenters. The van der Waals surface area contributed by atoms with Crippen molar-refractivity contribution in [3.8, 4) is 22.3 Å². The molecule has 8 aromatic rings. The molecular formula is C34H20O2. The molecule has 0 radical (unpaired) electrons. The van der Waals surface area contributed by atoms with Crippen LogP contribution in [0.3, 0.4) is 0 Å². The Bertz CT molecular complexity index is 2710. The van der Waals surface area contributed by atoms with Crippen molar-refractivity contribution in [2.24, 2.45) is 0 Å². The van der Waals surface area contributed by atoms with Gasteiger partial charge in [0.1, 0.15) is 16.7 Å². The van der Waals surface area contributed by atoms with E-state index in [1.54, 1.807) is 30.5 Å². The van der Waals surface area contributed by atoms with E-state index in [9.17, 15) is 0 Å². The summed E-state index contributed by atoms with van der Waals surface area (Å²) in [7, 11) is 0. The quantitative estimate of drug-likeness (QED) is 0.233. The van der Waals surface area contributed by atoms with Crippen molar-refractivity contribution in [3.63, 3.8) is 0 Å². The van der Waals surface area contributed by atoms with E-state index in [-0.39, 0.29) is 32.7 Å². The zero-order valence-electron chi connectivity index (χ0n) is 31.4. The van der Waals surface area contributed by atoms with Crippen molar-refractivity contribution in [2.75, 3.05) is 0 Å². The highest BCUT2D eigenvalue weighted by atomic mass is 16.3. The molecule has 0 aliphatic heterocycles. The van der Waals surface area contributed by atoms with Crippen LogP contribution < -0.4 is 0 Å². The number of furan rings is 2. The lowest BCUT2D eigenvalue weighted by Crippen LogP contribution is -1.90. The van der Waals surface area contributed by atoms with Gasteiger partial charge in [-0.1, -0.05) is 84.6 Å². The standard InChI is InChI=1S/C34H20O2/c1-2-8-21(9-3-1)32-24-10-4-6-12-26(24)33(27-13-7-5-11-25(27)32)22-14-15-23-28-16-17-30-29(18-19-35-30)34(28)36-31(23)20-22/h1-20H/i1D,2D,3D,4D,5D,6D,7D,8D,9D,10D,11D,12D,13D. The van der Waals surface area contributed by atoms with Crippen LogP contribution in [0.5, 0.6) is 0 Å². The highest BCUT2D eigenvalue weighted by Gasteiger charge is 2.18. The third-order valence-corrected chi connectivity index (χ3v) is 6.48. The molecule has 8 rings (SSSR count). The van der Waals surface area contributed by atoms with E-state index in [2.05, 4.69) is 0 Å². The number of rotatable bonds is 2. The van der Waals surface area contributed by atoms with Crippen molar-refractivity contribution >= 4 is 54.5 Å². The maximum Gasteiger partial charge on any atom is 0.146 e. The van der Waals surface area contributed by atoms with Gasteiger partial charge in [-0.2, -0.15) is 0 Å². The smallest absolute Gasteiger partial charge is 0.146 e. The molecule has 0 N–H and O–H groups in total. The summed E-state index contributed by atoms with van der Waals surface area (Å²) < 4.78 is 125. The van der Waals surface area contributed by atoms with Crippen molar-refractivity contribution in [1.82, 2.24) is 0 Å². The monoisotopic (exact) mass is 473 g/mol. The molecule has 0 saturated carbocycles. The third kappa shape index (κ3) is 2.67. The number of benzene rings is 6. The Morgan fingerprint density at radius 1 is 0.472 bits per heavy atom. The minimum atomic E-state index is -0.717. The first-order chi connectivity index (χ1) is 23.3. The van der Waals surface area contributed by atoms with E-state index in [0.717, 1.165) is 16.2 Å². The molecule has 2 aromatic heterocycles. The van der Waals surface area contributed by atoms with Crippen LogP contribution in [-0.2, 0) is 0 Å². The predicted octanol–water partition coefficient (Wildman–Crippen LogP) is 9.97. The lowest BCUT2D eigenvalue weighted by molar-refractivity contribution is 0.615. The Balaban J connectivity index is 1.66. The topological polar surface area (TPSA) is 26.3 Å². The van der Waals surface area contributed by atoms with E-state index in [4.69, 9.17) is 26.7 Å². The van der Waals surface area contributed by atoms with Gasteiger partial charge in [0.25, 0.3) is 0 Å². The van der Waals surface area contributed by atoms with Crippen LogP contribution in [0.15, 0.2) is 130 Å². The largest absolute Gasteiger partial charge is 0.464 e. The first kappa shape index (κ1) is 10.8. The molecule has 168 valence electrons. The molecule has 0 saturated heterocycles. The molecule has 36 heavy (non-hydrogen) atoms. The van der Waals surface area contributed by atoms with Gasteiger partial charge in [-0.15, -0.1) is 0 Å². The van der Waals surface area contributed by atoms with Crippen LogP contribution in [-0.4, -0.2) is 0 Å². The molecule has 0 fully saturated rings. The molecule has 2 heteroatoms. The first-order valence-corrected chi connectivity index (χ1v) is 11.1. The second-order valence-electron chi connectivity index (χ2n) is 8.34. The van der Waals surface area contributed by atoms with Gasteiger partial charge >= 0.3 is 0 Å². The summed E-state index contributed by atoms with van der Waals surface area (Å²) in [4.78, 5) is 0. The summed E-state index contributed by atoms with van der Waals surface area (Å²) in [5.74, 6) is 0. The van der Waals surface area contributed by atoms with E-state index >= 15 is 0 Å². The van der Waals surface area contributed by atoms with Gasteiger partial charge in [-0.3, -0.25) is 0 Å². The second-order valence-corrected chi connectivity index (χ2v) is 8.34. The number of hydrogen-bond donors (Lipinski definition) is 0. The molecule has 2 nitrogen and oxygen atoms in total. The lowest BCUT2D eigenvalue weighted by Gasteiger charge is -2.17. The minimum Gasteiger partial charge on any atom is -0.464 e. The summed E-state index contributed by atoms with van der Waals surface area (Å²) in [6, 6.07) is 2.04. The molecule has 0 spiro atoms. The normalized spacial score (nSPS) is 16.9. The van der Waals surface area contributed by atoms with Crippen LogP contribution in [0.4, 0.5) is 0 Å². The van der Waals surface area contributed by atoms with Gasteiger partial charge in [-0.25, -0.2) is 0 Å². The van der Waals surface area contributed by atoms with Gasteiger partial charge in [-0.05, 0) is 74.1 Å². The lowest BCUT2D eigenvalue weighted by atomic mass is 9.86. The Kier molecular flexibility index (Phi) is 2.21. The van der Waals surface area contributed by atoms with Crippen molar-refractivity contribution < 1.29 is 26.7 Å². The highest BCUT2D eigenvalue weighted by molar-refractivity contribution is 6.22. The van der Waals surface area contributed by atoms with Crippen molar-refractivity contribution in [1.29, 1.82) is 0 Å². The molecule has 0 unspecified atom stereocenters. The van der Waals surface area contributed by atoms with Gasteiger partial charge in [0.2, 0.25) is 0 Å². The first-order valence-electron chi connectivity index (χ1n) is 17.6. The summed E-state index contributed by atoms with van der Waals surface area (Å²) >= 11 is 0. The maximum atomic E-state index is 9.11. The van der Waals surface area contributed by atoms with Gasteiger partial charge < -0.3 is 8.83 Å². The average Bonchev–Trinajstić information content (AvgIpc) is 3.73. The molecule has 0 amide bonds. The Labute approximate surface area is 225 Å². The van der Waals surface area contributed by atoms with Crippen LogP contribution in [0.2, 0.25) is 0 Å². The Hall–Kier alpha value is -4.82. The summed E-state index contributed by atoms with van der Waals surface area (Å²) in [6.45, 7) is 0. The summed E-state index contributed by atoms with van der Waals surface area (Å²) in [5.41, 5.74) is 1.10. The number of fused-ring (bicyclic) bond motifs is 7. The van der Waals surface area contributed by atoms with Crippen molar-refractivity contribution in [2.45, 2.75) is 0 Å². The fourth-order valence-electron chi connectivity index (χ4n) is 4.97. The maximum absolute atomic E-state index is 9.11. The SMILES string of the molecule is [2H]c1c([2H])c([2H])c(-c2c3c([2H])c([2H])c([2H])c([2H])c3c(-c3ccc4c(c3)oc3c5ccoc5ccc43)c3c([2H])c([2H])c([2H])c([2H])c23)c([2H])c1[2H]. The van der Waals surface area contributed by atoms with Crippen LogP contribution in [0, 0.1) is 0 Å². The highest BCUT2D eigenvalue weighted by Crippen LogP contribution is 2.44. The average molecular weight is 474 g/mol. The zero-order valence-corrected chi connectivity index (χ0v) is 18.4. The fourth-order valence-corrected chi connectivity index (χ4v) is 4.97. The van der Waals surface area contributed by atoms with Crippen molar-refractivity contribution in [3.05, 3.63) is 121 Å². The van der Waals surface area contributed by atoms with E-state index in [1.165, 1.54) is 0 Å². The van der Waals surface area contributed by atoms with Crippen LogP contribution >= 0.6 is 0 Å². The van der Waals surface area contributed by atoms with Crippen LogP contribution in [0.1, 0.15) is 17.8 Å². The zero-order chi connectivity index (χ0) is 35.0. The Morgan fingerprint density at radius 3 is 1.78 bits per heavy atom. The minimum absolute atomic E-state index is 0.0379. The molecule has 0 bridgehead atoms. The second kappa shape index (κ2) is 7.34. The van der Waals surface area contributed by atoms with E-state index in [1.807, 2.05) is 12.1 Å². The third-order valence-electron chi connectivity index (χ3n) is 6.48. The van der Waals surface area contributed by atoms with Gasteiger partial charge in [0.15, 0.2) is 0 Å². The van der Waals surface area contributed by atoms with Gasteiger partial charge in [0.05, 0.1) is 29.5 Å². The van der Waals surface area contributed by atoms with E-state index in [0.29, 0.717) is 22.3 Å². The van der Waals surface area contributed by atoms with Crippen LogP contribution in [0.25, 0.3) is 76.7 Å². The summed E-state index contributed by atoms with van der Waals surface area (Å²) in [5, 5.41) is 1.40. The van der Waals surface area contributed by atoms with E-state index < -0.39 is 84.1 Å². The summed E-state index contributed by atoms with van der Waals surface area (Å²) in [6.07, 6.45) is 1.54. The fraction of sp³-hybridized carbons (Fsp3) is 0. The molecular weight excluding hydrogens is 440 g/mol. The Morgan fingerprint density at radius 2 is 1.08 bits per heavy atom. The predicted molar refractivity (Wildman–Crippen MR) is 149 cm³/mol. The van der Waals surface area contributed by atoms with Gasteiger partial charge in [0, 0.05) is 10.8 Å². The molecule has 2 heterocycles. The molecule has 0 aliphatic carbocycles. The number of hydrogen-bond acceptors (Lipinski definition) is 2. The molecule has 6 aromatic carbocycles.